The minimum Gasteiger partial charge on any atom is -0.391 e. The summed E-state index contributed by atoms with van der Waals surface area (Å²) in [4.78, 5) is 0. The summed E-state index contributed by atoms with van der Waals surface area (Å²) >= 11 is 3.43. The monoisotopic (exact) mass is 336 g/mol. The first-order chi connectivity index (χ1) is 9.74. The molecule has 3 rings (SSSR count). The molecule has 5 nitrogen and oxygen atoms in total. The summed E-state index contributed by atoms with van der Waals surface area (Å²) in [6.07, 6.45) is 4.34. The first-order valence-corrected chi connectivity index (χ1v) is 7.72. The lowest BCUT2D eigenvalue weighted by molar-refractivity contribution is 0.0670. The third kappa shape index (κ3) is 2.91. The smallest absolute Gasteiger partial charge is 0.156 e. The van der Waals surface area contributed by atoms with Gasteiger partial charge in [0.25, 0.3) is 0 Å². The molecule has 6 heteroatoms. The van der Waals surface area contributed by atoms with E-state index in [0.717, 1.165) is 41.5 Å². The maximum absolute atomic E-state index is 10.1. The fourth-order valence-corrected chi connectivity index (χ4v) is 3.01. The number of hydrogen-bond acceptors (Lipinski definition) is 4. The van der Waals surface area contributed by atoms with Crippen molar-refractivity contribution in [1.82, 2.24) is 20.2 Å². The van der Waals surface area contributed by atoms with Crippen LogP contribution in [-0.2, 0) is 6.42 Å². The molecule has 1 aliphatic rings. The molecule has 0 aliphatic heterocycles. The molecule has 0 amide bonds. The van der Waals surface area contributed by atoms with E-state index < -0.39 is 0 Å². The number of rotatable bonds is 3. The largest absolute Gasteiger partial charge is 0.391 e. The molecule has 2 atom stereocenters. The number of halogens is 1. The maximum atomic E-state index is 10.1. The number of aliphatic hydroxyl groups excluding tert-OH is 1. The molecule has 2 aromatic rings. The first-order valence-electron chi connectivity index (χ1n) is 6.93. The highest BCUT2D eigenvalue weighted by molar-refractivity contribution is 9.10. The summed E-state index contributed by atoms with van der Waals surface area (Å²) in [5.41, 5.74) is 1.16. The van der Waals surface area contributed by atoms with Gasteiger partial charge in [-0.15, -0.1) is 5.10 Å². The van der Waals surface area contributed by atoms with Crippen LogP contribution in [-0.4, -0.2) is 31.4 Å². The minimum atomic E-state index is -0.337. The highest BCUT2D eigenvalue weighted by Crippen LogP contribution is 2.28. The molecule has 0 spiro atoms. The predicted octanol–water partition coefficient (Wildman–Crippen LogP) is 2.50. The van der Waals surface area contributed by atoms with Gasteiger partial charge in [0.15, 0.2) is 5.82 Å². The number of aliphatic hydroxyl groups is 1. The van der Waals surface area contributed by atoms with E-state index in [4.69, 9.17) is 0 Å². The van der Waals surface area contributed by atoms with E-state index in [1.54, 1.807) is 0 Å². The van der Waals surface area contributed by atoms with Crippen molar-refractivity contribution < 1.29 is 5.11 Å². The van der Waals surface area contributed by atoms with E-state index >= 15 is 0 Å². The fraction of sp³-hybridized carbons (Fsp3) is 0.500. The van der Waals surface area contributed by atoms with Gasteiger partial charge in [0.05, 0.1) is 12.1 Å². The molecular weight excluding hydrogens is 320 g/mol. The maximum Gasteiger partial charge on any atom is 0.156 e. The molecule has 1 N–H and O–H groups in total. The molecule has 1 aliphatic carbocycles. The zero-order valence-corrected chi connectivity index (χ0v) is 12.7. The molecule has 1 aromatic heterocycles. The van der Waals surface area contributed by atoms with E-state index in [-0.39, 0.29) is 12.1 Å². The number of aromatic nitrogens is 4. The third-order valence-corrected chi connectivity index (χ3v) is 4.37. The second-order valence-corrected chi connectivity index (χ2v) is 6.18. The molecule has 1 aromatic carbocycles. The lowest BCUT2D eigenvalue weighted by Crippen LogP contribution is -2.29. The highest BCUT2D eigenvalue weighted by atomic mass is 79.9. The van der Waals surface area contributed by atoms with E-state index in [9.17, 15) is 5.11 Å². The van der Waals surface area contributed by atoms with Crippen LogP contribution in [0.15, 0.2) is 28.7 Å². The third-order valence-electron chi connectivity index (χ3n) is 3.84. The van der Waals surface area contributed by atoms with Crippen LogP contribution in [0.25, 0.3) is 0 Å². The molecule has 1 fully saturated rings. The Bertz CT molecular complexity index is 569. The Hall–Kier alpha value is -1.27. The Kier molecular flexibility index (Phi) is 4.12. The van der Waals surface area contributed by atoms with Gasteiger partial charge < -0.3 is 5.11 Å². The van der Waals surface area contributed by atoms with Crippen molar-refractivity contribution in [1.29, 1.82) is 0 Å². The van der Waals surface area contributed by atoms with E-state index in [2.05, 4.69) is 43.6 Å². The van der Waals surface area contributed by atoms with E-state index in [0.29, 0.717) is 6.42 Å². The lowest BCUT2D eigenvalue weighted by atomic mass is 9.92. The number of hydrogen-bond donors (Lipinski definition) is 1. The van der Waals surface area contributed by atoms with Gasteiger partial charge in [-0.1, -0.05) is 40.9 Å². The quantitative estimate of drug-likeness (QED) is 0.935. The van der Waals surface area contributed by atoms with Crippen molar-refractivity contribution in [2.24, 2.45) is 0 Å². The van der Waals surface area contributed by atoms with E-state index in [1.165, 1.54) is 0 Å². The summed E-state index contributed by atoms with van der Waals surface area (Å²) in [5, 5.41) is 22.1. The molecule has 20 heavy (non-hydrogen) atoms. The SMILES string of the molecule is O[C@@H]1CCCC[C@@H]1n1nnnc1Cc1ccc(Br)cc1. The van der Waals surface area contributed by atoms with Gasteiger partial charge in [-0.25, -0.2) is 4.68 Å². The molecule has 0 unspecified atom stereocenters. The van der Waals surface area contributed by atoms with Crippen molar-refractivity contribution in [3.05, 3.63) is 40.1 Å². The Morgan fingerprint density at radius 1 is 1.20 bits per heavy atom. The Labute approximate surface area is 126 Å². The molecule has 0 saturated heterocycles. The van der Waals surface area contributed by atoms with Crippen LogP contribution < -0.4 is 0 Å². The van der Waals surface area contributed by atoms with Gasteiger partial charge >= 0.3 is 0 Å². The zero-order chi connectivity index (χ0) is 13.9. The summed E-state index contributed by atoms with van der Waals surface area (Å²) in [5.74, 6) is 0.818. The Balaban J connectivity index is 1.81. The second kappa shape index (κ2) is 6.01. The van der Waals surface area contributed by atoms with Crippen LogP contribution in [0.3, 0.4) is 0 Å². The Morgan fingerprint density at radius 3 is 2.70 bits per heavy atom. The van der Waals surface area contributed by atoms with Crippen molar-refractivity contribution in [3.8, 4) is 0 Å². The molecule has 106 valence electrons. The second-order valence-electron chi connectivity index (χ2n) is 5.26. The van der Waals surface area contributed by atoms with Crippen molar-refractivity contribution >= 4 is 15.9 Å². The number of tetrazole rings is 1. The highest BCUT2D eigenvalue weighted by Gasteiger charge is 2.27. The van der Waals surface area contributed by atoms with Gasteiger partial charge in [0, 0.05) is 10.9 Å². The van der Waals surface area contributed by atoms with Crippen LogP contribution >= 0.6 is 15.9 Å². The average Bonchev–Trinajstić information content (AvgIpc) is 2.90. The van der Waals surface area contributed by atoms with Crippen molar-refractivity contribution in [2.75, 3.05) is 0 Å². The molecule has 0 bridgehead atoms. The summed E-state index contributed by atoms with van der Waals surface area (Å²) < 4.78 is 2.87. The van der Waals surface area contributed by atoms with Crippen LogP contribution in [0.1, 0.15) is 43.1 Å². The normalized spacial score (nSPS) is 22.9. The van der Waals surface area contributed by atoms with Crippen LogP contribution in [0, 0.1) is 0 Å². The average molecular weight is 337 g/mol. The zero-order valence-electron chi connectivity index (χ0n) is 11.1. The van der Waals surface area contributed by atoms with Gasteiger partial charge in [-0.05, 0) is 41.0 Å². The van der Waals surface area contributed by atoms with Crippen LogP contribution in [0.4, 0.5) is 0 Å². The standard InChI is InChI=1S/C14H17BrN4O/c15-11-7-5-10(6-8-11)9-14-16-17-18-19(14)12-3-1-2-4-13(12)20/h5-8,12-13,20H,1-4,9H2/t12-,13+/m0/s1. The predicted molar refractivity (Wildman–Crippen MR) is 78.3 cm³/mol. The first kappa shape index (κ1) is 13.7. The molecule has 1 heterocycles. The lowest BCUT2D eigenvalue weighted by Gasteiger charge is -2.27. The fourth-order valence-electron chi connectivity index (χ4n) is 2.75. The summed E-state index contributed by atoms with van der Waals surface area (Å²) in [6, 6.07) is 8.16. The molecular formula is C14H17BrN4O. The van der Waals surface area contributed by atoms with Gasteiger partial charge in [0.1, 0.15) is 0 Å². The summed E-state index contributed by atoms with van der Waals surface area (Å²) in [6.45, 7) is 0. The van der Waals surface area contributed by atoms with E-state index in [1.807, 2.05) is 16.8 Å². The molecule has 1 saturated carbocycles. The van der Waals surface area contributed by atoms with Crippen LogP contribution in [0.5, 0.6) is 0 Å². The van der Waals surface area contributed by atoms with Gasteiger partial charge in [-0.3, -0.25) is 0 Å². The number of nitrogens with zero attached hydrogens (tertiary/aromatic N) is 4. The van der Waals surface area contributed by atoms with Crippen LogP contribution in [0.2, 0.25) is 0 Å². The minimum absolute atomic E-state index is 0.0178. The topological polar surface area (TPSA) is 63.8 Å². The van der Waals surface area contributed by atoms with Gasteiger partial charge in [0.2, 0.25) is 0 Å². The van der Waals surface area contributed by atoms with Crippen molar-refractivity contribution in [2.45, 2.75) is 44.2 Å². The van der Waals surface area contributed by atoms with Gasteiger partial charge in [-0.2, -0.15) is 0 Å². The molecule has 0 radical (unpaired) electrons. The Morgan fingerprint density at radius 2 is 1.95 bits per heavy atom. The summed E-state index contributed by atoms with van der Waals surface area (Å²) in [7, 11) is 0. The number of benzene rings is 1. The van der Waals surface area contributed by atoms with Crippen molar-refractivity contribution in [3.63, 3.8) is 0 Å².